The number of anilines is 1. The maximum absolute atomic E-state index is 13.1. The van der Waals surface area contributed by atoms with Gasteiger partial charge in [0, 0.05) is 34.6 Å². The molecule has 168 valence electrons. The Morgan fingerprint density at radius 1 is 0.912 bits per heavy atom. The van der Waals surface area contributed by atoms with Gasteiger partial charge in [-0.15, -0.1) is 0 Å². The van der Waals surface area contributed by atoms with Gasteiger partial charge in [0.1, 0.15) is 0 Å². The number of nitrogens with one attached hydrogen (secondary N) is 1. The quantitative estimate of drug-likeness (QED) is 0.384. The second-order valence-corrected chi connectivity index (χ2v) is 9.21. The smallest absolute Gasteiger partial charge is 0.335 e. The van der Waals surface area contributed by atoms with Crippen LogP contribution in [0.15, 0.2) is 85.2 Å². The number of benzene rings is 3. The molecular formula is C29H24N2O3. The number of carbonyl (C=O) groups excluding carboxylic acids is 1. The highest BCUT2D eigenvalue weighted by molar-refractivity contribution is 6.06. The average Bonchev–Trinajstić information content (AvgIpc) is 2.84. The summed E-state index contributed by atoms with van der Waals surface area (Å²) in [7, 11) is 0. The zero-order chi connectivity index (χ0) is 23.9. The van der Waals surface area contributed by atoms with Crippen molar-refractivity contribution in [3.05, 3.63) is 113 Å². The number of fused-ring (bicyclic) bond motifs is 2. The second kappa shape index (κ2) is 8.27. The van der Waals surface area contributed by atoms with Crippen LogP contribution in [-0.2, 0) is 5.41 Å². The molecule has 0 radical (unpaired) electrons. The molecule has 0 fully saturated rings. The fraction of sp³-hybridized carbons (Fsp3) is 0.138. The molecule has 5 nitrogen and oxygen atoms in total. The lowest BCUT2D eigenvalue weighted by Gasteiger charge is -2.32. The summed E-state index contributed by atoms with van der Waals surface area (Å²) in [6, 6.07) is 20.2. The van der Waals surface area contributed by atoms with E-state index in [9.17, 15) is 9.59 Å². The summed E-state index contributed by atoms with van der Waals surface area (Å²) in [4.78, 5) is 28.6. The highest BCUT2D eigenvalue weighted by atomic mass is 16.4. The molecule has 0 unspecified atom stereocenters. The number of amides is 1. The van der Waals surface area contributed by atoms with E-state index >= 15 is 0 Å². The number of hydrogen-bond acceptors (Lipinski definition) is 3. The van der Waals surface area contributed by atoms with Gasteiger partial charge in [-0.25, -0.2) is 4.79 Å². The van der Waals surface area contributed by atoms with Crippen molar-refractivity contribution >= 4 is 33.9 Å². The van der Waals surface area contributed by atoms with Gasteiger partial charge >= 0.3 is 5.97 Å². The van der Waals surface area contributed by atoms with Crippen LogP contribution in [0.4, 0.5) is 5.69 Å². The molecule has 1 aliphatic carbocycles. The number of allylic oxidation sites excluding steroid dienone is 1. The Morgan fingerprint density at radius 3 is 2.41 bits per heavy atom. The number of carboxylic acid groups (broad SMARTS) is 1. The van der Waals surface area contributed by atoms with Gasteiger partial charge in [-0.3, -0.25) is 9.78 Å². The molecule has 0 spiro atoms. The molecule has 0 bridgehead atoms. The summed E-state index contributed by atoms with van der Waals surface area (Å²) in [6.45, 7) is 4.43. The molecule has 0 saturated heterocycles. The maximum Gasteiger partial charge on any atom is 0.335 e. The van der Waals surface area contributed by atoms with E-state index in [4.69, 9.17) is 5.11 Å². The standard InChI is InChI=1S/C29H24N2O3/c1-29(2)14-13-23(25-17-30-16-20-5-3-4-6-22(20)25)24-15-19(9-12-26(24)29)27(32)31-21-10-7-18(8-11-21)28(33)34/h3-13,15-17H,14H2,1-2H3,(H,31,32)(H,33,34). The molecule has 1 aliphatic rings. The SMILES string of the molecule is CC1(C)CC=C(c2cncc3ccccc23)c2cc(C(=O)Nc3ccc(C(=O)O)cc3)ccc21. The lowest BCUT2D eigenvalue weighted by Crippen LogP contribution is -2.23. The fourth-order valence-corrected chi connectivity index (χ4v) is 4.56. The van der Waals surface area contributed by atoms with Crippen LogP contribution in [0.2, 0.25) is 0 Å². The number of nitrogens with zero attached hydrogens (tertiary/aromatic N) is 1. The van der Waals surface area contributed by atoms with Crippen LogP contribution >= 0.6 is 0 Å². The van der Waals surface area contributed by atoms with Crippen LogP contribution in [-0.4, -0.2) is 22.0 Å². The predicted molar refractivity (Wildman–Crippen MR) is 134 cm³/mol. The predicted octanol–water partition coefficient (Wildman–Crippen LogP) is 6.30. The summed E-state index contributed by atoms with van der Waals surface area (Å²) in [6.07, 6.45) is 6.90. The third-order valence-electron chi connectivity index (χ3n) is 6.47. The monoisotopic (exact) mass is 448 g/mol. The summed E-state index contributed by atoms with van der Waals surface area (Å²) in [5.41, 5.74) is 5.56. The number of aromatic carboxylic acids is 1. The Hall–Kier alpha value is -4.25. The van der Waals surface area contributed by atoms with E-state index in [1.165, 1.54) is 17.7 Å². The number of pyridine rings is 1. The van der Waals surface area contributed by atoms with Gasteiger partial charge in [0.25, 0.3) is 5.91 Å². The first-order valence-electron chi connectivity index (χ1n) is 11.2. The Kier molecular flexibility index (Phi) is 5.25. The molecule has 2 N–H and O–H groups in total. The van der Waals surface area contributed by atoms with Crippen molar-refractivity contribution in [2.75, 3.05) is 5.32 Å². The molecule has 34 heavy (non-hydrogen) atoms. The number of carbonyl (C=O) groups is 2. The van der Waals surface area contributed by atoms with Crippen molar-refractivity contribution < 1.29 is 14.7 Å². The van der Waals surface area contributed by atoms with Crippen molar-refractivity contribution in [3.63, 3.8) is 0 Å². The number of aromatic nitrogens is 1. The minimum absolute atomic E-state index is 0.0570. The Morgan fingerprint density at radius 2 is 1.65 bits per heavy atom. The van der Waals surface area contributed by atoms with Gasteiger partial charge < -0.3 is 10.4 Å². The highest BCUT2D eigenvalue weighted by Gasteiger charge is 2.30. The molecule has 0 saturated carbocycles. The van der Waals surface area contributed by atoms with Crippen molar-refractivity contribution in [1.29, 1.82) is 0 Å². The first-order chi connectivity index (χ1) is 16.3. The van der Waals surface area contributed by atoms with Crippen LogP contribution in [0.25, 0.3) is 16.3 Å². The van der Waals surface area contributed by atoms with Gasteiger partial charge in [0.2, 0.25) is 0 Å². The van der Waals surface area contributed by atoms with Crippen molar-refractivity contribution in [1.82, 2.24) is 4.98 Å². The summed E-state index contributed by atoms with van der Waals surface area (Å²) in [5.74, 6) is -1.25. The van der Waals surface area contributed by atoms with Gasteiger partial charge in [0.05, 0.1) is 5.56 Å². The largest absolute Gasteiger partial charge is 0.478 e. The van der Waals surface area contributed by atoms with E-state index in [2.05, 4.69) is 42.4 Å². The van der Waals surface area contributed by atoms with E-state index in [0.717, 1.165) is 33.9 Å². The van der Waals surface area contributed by atoms with E-state index in [1.807, 2.05) is 42.7 Å². The highest BCUT2D eigenvalue weighted by Crippen LogP contribution is 2.43. The molecule has 0 aliphatic heterocycles. The number of carboxylic acids is 1. The summed E-state index contributed by atoms with van der Waals surface area (Å²) in [5, 5.41) is 14.2. The molecule has 1 amide bonds. The second-order valence-electron chi connectivity index (χ2n) is 9.21. The first kappa shape index (κ1) is 21.6. The van der Waals surface area contributed by atoms with Gasteiger partial charge in [-0.2, -0.15) is 0 Å². The zero-order valence-electron chi connectivity index (χ0n) is 19.0. The molecule has 5 rings (SSSR count). The van der Waals surface area contributed by atoms with Crippen LogP contribution in [0.1, 0.15) is 57.7 Å². The van der Waals surface area contributed by atoms with Gasteiger partial charge in [0.15, 0.2) is 0 Å². The van der Waals surface area contributed by atoms with Gasteiger partial charge in [-0.1, -0.05) is 50.3 Å². The first-order valence-corrected chi connectivity index (χ1v) is 11.2. The Labute approximate surface area is 197 Å². The van der Waals surface area contributed by atoms with Crippen molar-refractivity contribution in [2.24, 2.45) is 0 Å². The number of hydrogen-bond donors (Lipinski definition) is 2. The normalized spacial score (nSPS) is 14.2. The van der Waals surface area contributed by atoms with Crippen LogP contribution in [0, 0.1) is 0 Å². The minimum atomic E-state index is -1.00. The minimum Gasteiger partial charge on any atom is -0.478 e. The van der Waals surface area contributed by atoms with Crippen LogP contribution in [0.5, 0.6) is 0 Å². The van der Waals surface area contributed by atoms with E-state index in [0.29, 0.717) is 11.3 Å². The molecule has 4 aromatic rings. The molecule has 5 heteroatoms. The van der Waals surface area contributed by atoms with E-state index in [-0.39, 0.29) is 16.9 Å². The topological polar surface area (TPSA) is 79.3 Å². The number of rotatable bonds is 4. The Balaban J connectivity index is 1.54. The van der Waals surface area contributed by atoms with Crippen LogP contribution < -0.4 is 5.32 Å². The van der Waals surface area contributed by atoms with Crippen molar-refractivity contribution in [2.45, 2.75) is 25.7 Å². The zero-order valence-corrected chi connectivity index (χ0v) is 19.0. The lowest BCUT2D eigenvalue weighted by molar-refractivity contribution is 0.0696. The van der Waals surface area contributed by atoms with Gasteiger partial charge in [-0.05, 0) is 70.3 Å². The third-order valence-corrected chi connectivity index (χ3v) is 6.47. The molecule has 3 aromatic carbocycles. The van der Waals surface area contributed by atoms with E-state index in [1.54, 1.807) is 12.1 Å². The fourth-order valence-electron chi connectivity index (χ4n) is 4.56. The Bertz CT molecular complexity index is 1460. The van der Waals surface area contributed by atoms with Crippen LogP contribution in [0.3, 0.4) is 0 Å². The molecular weight excluding hydrogens is 424 g/mol. The maximum atomic E-state index is 13.1. The average molecular weight is 449 g/mol. The molecule has 1 aromatic heterocycles. The molecule has 0 atom stereocenters. The van der Waals surface area contributed by atoms with Crippen molar-refractivity contribution in [3.8, 4) is 0 Å². The molecule has 1 heterocycles. The third kappa shape index (κ3) is 3.86. The lowest BCUT2D eigenvalue weighted by atomic mass is 9.71. The summed E-state index contributed by atoms with van der Waals surface area (Å²) < 4.78 is 0. The summed E-state index contributed by atoms with van der Waals surface area (Å²) >= 11 is 0. The van der Waals surface area contributed by atoms with E-state index < -0.39 is 5.97 Å².